The first kappa shape index (κ1) is 22.8. The zero-order valence-electron chi connectivity index (χ0n) is 16.9. The van der Waals surface area contributed by atoms with E-state index in [0.29, 0.717) is 11.6 Å². The van der Waals surface area contributed by atoms with Gasteiger partial charge < -0.3 is 21.0 Å². The van der Waals surface area contributed by atoms with E-state index in [-0.39, 0.29) is 18.8 Å². The Hall–Kier alpha value is -3.53. The van der Waals surface area contributed by atoms with Crippen LogP contribution >= 0.6 is 0 Å². The van der Waals surface area contributed by atoms with Gasteiger partial charge in [0.15, 0.2) is 0 Å². The van der Waals surface area contributed by atoms with Gasteiger partial charge in [-0.2, -0.15) is 0 Å². The van der Waals surface area contributed by atoms with Gasteiger partial charge in [-0.05, 0) is 42.2 Å². The number of aliphatic carboxylic acids is 1. The Balaban J connectivity index is 1.93. The van der Waals surface area contributed by atoms with Crippen molar-refractivity contribution in [2.75, 3.05) is 18.5 Å². The normalized spacial score (nSPS) is 16.2. The summed E-state index contributed by atoms with van der Waals surface area (Å²) in [6.07, 6.45) is 6.84. The van der Waals surface area contributed by atoms with E-state index >= 15 is 0 Å². The van der Waals surface area contributed by atoms with Crippen molar-refractivity contribution in [1.29, 1.82) is 0 Å². The van der Waals surface area contributed by atoms with Crippen LogP contribution in [0, 0.1) is 11.8 Å². The number of urea groups is 2. The Bertz CT molecular complexity index is 821. The average Bonchev–Trinajstić information content (AvgIpc) is 2.72. The number of amides is 4. The number of anilines is 1. The third-order valence-electron chi connectivity index (χ3n) is 4.45. The van der Waals surface area contributed by atoms with Crippen LogP contribution in [-0.2, 0) is 4.79 Å². The lowest BCUT2D eigenvalue weighted by Crippen LogP contribution is -2.55. The van der Waals surface area contributed by atoms with Gasteiger partial charge in [0.05, 0.1) is 11.6 Å². The highest BCUT2D eigenvalue weighted by molar-refractivity contribution is 5.94. The van der Waals surface area contributed by atoms with Crippen molar-refractivity contribution in [3.63, 3.8) is 0 Å². The van der Waals surface area contributed by atoms with Gasteiger partial charge in [-0.15, -0.1) is 5.53 Å². The maximum Gasteiger partial charge on any atom is 0.341 e. The molecule has 0 aromatic heterocycles. The van der Waals surface area contributed by atoms with Gasteiger partial charge in [0, 0.05) is 13.1 Å². The monoisotopic (exact) mass is 417 g/mol. The number of carboxylic acid groups (broad SMARTS) is 1. The second-order valence-electron chi connectivity index (χ2n) is 7.09. The smallest absolute Gasteiger partial charge is 0.341 e. The van der Waals surface area contributed by atoms with E-state index in [2.05, 4.69) is 28.6 Å². The van der Waals surface area contributed by atoms with E-state index in [1.165, 1.54) is 19.1 Å². The summed E-state index contributed by atoms with van der Waals surface area (Å²) >= 11 is 0. The second-order valence-corrected chi connectivity index (χ2v) is 7.09. The molecule has 0 spiro atoms. The Kier molecular flexibility index (Phi) is 8.24. The number of hydrogen-bond acceptors (Lipinski definition) is 6. The number of hydrogen-bond donors (Lipinski definition) is 6. The third kappa shape index (κ3) is 7.13. The van der Waals surface area contributed by atoms with Crippen molar-refractivity contribution in [3.05, 3.63) is 48.1 Å². The Labute approximate surface area is 174 Å². The molecule has 0 saturated heterocycles. The molecule has 4 amide bonds. The molecule has 1 aliphatic carbocycles. The molecule has 162 valence electrons. The predicted octanol–water partition coefficient (Wildman–Crippen LogP) is 2.19. The molecule has 1 aliphatic rings. The summed E-state index contributed by atoms with van der Waals surface area (Å²) in [5.74, 6) is -1.54. The number of imide groups is 1. The standard InChI is InChI=1S/C20H27N5O5/c1-13-3-5-15(6-4-13)11-21-19(29)25(12-14(2)18(27)28)20(30)23-24-22-16-7-9-17(26)10-8-16/h3,5-10,13-14,22,24,26H,4,11-12H2,1-2H3,(H,21,29)(H,23,30)(H,27,28). The molecule has 6 N–H and O–H groups in total. The van der Waals surface area contributed by atoms with E-state index in [1.807, 2.05) is 18.2 Å². The number of carboxylic acids is 1. The van der Waals surface area contributed by atoms with Gasteiger partial charge in [0.25, 0.3) is 0 Å². The van der Waals surface area contributed by atoms with Crippen LogP contribution in [0.1, 0.15) is 20.3 Å². The van der Waals surface area contributed by atoms with Crippen LogP contribution in [-0.4, -0.2) is 46.2 Å². The molecular formula is C20H27N5O5. The lowest BCUT2D eigenvalue weighted by atomic mass is 9.99. The molecule has 2 rings (SSSR count). The highest BCUT2D eigenvalue weighted by Crippen LogP contribution is 2.15. The van der Waals surface area contributed by atoms with Crippen LogP contribution in [0.2, 0.25) is 0 Å². The van der Waals surface area contributed by atoms with Crippen LogP contribution < -0.4 is 21.7 Å². The van der Waals surface area contributed by atoms with E-state index in [9.17, 15) is 19.5 Å². The number of aromatic hydroxyl groups is 1. The van der Waals surface area contributed by atoms with E-state index in [1.54, 1.807) is 12.1 Å². The molecule has 0 saturated carbocycles. The highest BCUT2D eigenvalue weighted by Gasteiger charge is 2.26. The maximum absolute atomic E-state index is 12.6. The fourth-order valence-corrected chi connectivity index (χ4v) is 2.56. The molecular weight excluding hydrogens is 390 g/mol. The molecule has 0 heterocycles. The van der Waals surface area contributed by atoms with Gasteiger partial charge in [-0.25, -0.2) is 14.5 Å². The number of phenolic OH excluding ortho intramolecular Hbond substituents is 1. The molecule has 0 aliphatic heterocycles. The quantitative estimate of drug-likeness (QED) is 0.281. The predicted molar refractivity (Wildman–Crippen MR) is 111 cm³/mol. The van der Waals surface area contributed by atoms with Gasteiger partial charge in [0.1, 0.15) is 5.75 Å². The number of allylic oxidation sites excluding steroid dienone is 2. The number of rotatable bonds is 8. The van der Waals surface area contributed by atoms with Crippen molar-refractivity contribution < 1.29 is 24.6 Å². The number of benzene rings is 1. The Morgan fingerprint density at radius 1 is 1.20 bits per heavy atom. The molecule has 30 heavy (non-hydrogen) atoms. The van der Waals surface area contributed by atoms with Crippen molar-refractivity contribution in [2.45, 2.75) is 20.3 Å². The summed E-state index contributed by atoms with van der Waals surface area (Å²) in [7, 11) is 0. The third-order valence-corrected chi connectivity index (χ3v) is 4.45. The zero-order valence-corrected chi connectivity index (χ0v) is 16.9. The Morgan fingerprint density at radius 3 is 2.50 bits per heavy atom. The molecule has 1 aromatic carbocycles. The SMILES string of the molecule is CC1C=CC(CNC(=O)N(CC(C)C(=O)O)C(=O)NNNc2ccc(O)cc2)=CC1. The van der Waals surface area contributed by atoms with E-state index in [4.69, 9.17) is 5.11 Å². The van der Waals surface area contributed by atoms with Crippen LogP contribution in [0.5, 0.6) is 5.75 Å². The summed E-state index contributed by atoms with van der Waals surface area (Å²) in [6.45, 7) is 3.42. The van der Waals surface area contributed by atoms with Gasteiger partial charge >= 0.3 is 18.0 Å². The summed E-state index contributed by atoms with van der Waals surface area (Å²) < 4.78 is 0. The van der Waals surface area contributed by atoms with Crippen molar-refractivity contribution in [2.24, 2.45) is 11.8 Å². The van der Waals surface area contributed by atoms with E-state index in [0.717, 1.165) is 16.9 Å². The molecule has 1 aromatic rings. The molecule has 10 heteroatoms. The first-order chi connectivity index (χ1) is 14.3. The number of phenols is 1. The minimum atomic E-state index is -1.12. The number of hydrazine groups is 2. The molecule has 0 bridgehead atoms. The zero-order chi connectivity index (χ0) is 22.1. The minimum Gasteiger partial charge on any atom is -0.508 e. The number of carbonyl (C=O) groups excluding carboxylic acids is 2. The highest BCUT2D eigenvalue weighted by atomic mass is 16.4. The fraction of sp³-hybridized carbons (Fsp3) is 0.350. The lowest BCUT2D eigenvalue weighted by Gasteiger charge is -2.24. The number of nitrogens with one attached hydrogen (secondary N) is 4. The largest absolute Gasteiger partial charge is 0.508 e. The first-order valence-corrected chi connectivity index (χ1v) is 9.51. The van der Waals surface area contributed by atoms with Gasteiger partial charge in [-0.1, -0.05) is 32.1 Å². The van der Waals surface area contributed by atoms with Crippen LogP contribution in [0.3, 0.4) is 0 Å². The van der Waals surface area contributed by atoms with Crippen LogP contribution in [0.15, 0.2) is 48.1 Å². The summed E-state index contributed by atoms with van der Waals surface area (Å²) in [5.41, 5.74) is 8.88. The van der Waals surface area contributed by atoms with Crippen molar-refractivity contribution >= 4 is 23.7 Å². The molecule has 2 atom stereocenters. The Morgan fingerprint density at radius 2 is 1.90 bits per heavy atom. The average molecular weight is 417 g/mol. The number of nitrogens with zero attached hydrogens (tertiary/aromatic N) is 1. The molecule has 0 radical (unpaired) electrons. The lowest BCUT2D eigenvalue weighted by molar-refractivity contribution is -0.141. The molecule has 2 unspecified atom stereocenters. The van der Waals surface area contributed by atoms with Crippen molar-refractivity contribution in [1.82, 2.24) is 21.2 Å². The number of carbonyl (C=O) groups is 3. The minimum absolute atomic E-state index is 0.0903. The summed E-state index contributed by atoms with van der Waals surface area (Å²) in [6, 6.07) is 4.51. The first-order valence-electron chi connectivity index (χ1n) is 9.51. The fourth-order valence-electron chi connectivity index (χ4n) is 2.56. The van der Waals surface area contributed by atoms with Gasteiger partial charge in [-0.3, -0.25) is 10.2 Å². The van der Waals surface area contributed by atoms with Crippen LogP contribution in [0.4, 0.5) is 15.3 Å². The van der Waals surface area contributed by atoms with Crippen LogP contribution in [0.25, 0.3) is 0 Å². The summed E-state index contributed by atoms with van der Waals surface area (Å²) in [5, 5.41) is 21.1. The summed E-state index contributed by atoms with van der Waals surface area (Å²) in [4.78, 5) is 37.0. The topological polar surface area (TPSA) is 143 Å². The maximum atomic E-state index is 12.6. The molecule has 10 nitrogen and oxygen atoms in total. The second kappa shape index (κ2) is 10.9. The van der Waals surface area contributed by atoms with Crippen molar-refractivity contribution in [3.8, 4) is 5.75 Å². The molecule has 0 fully saturated rings. The van der Waals surface area contributed by atoms with E-state index < -0.39 is 23.9 Å². The van der Waals surface area contributed by atoms with Gasteiger partial charge in [0.2, 0.25) is 0 Å².